The molecule has 10 heteroatoms. The summed E-state index contributed by atoms with van der Waals surface area (Å²) in [5, 5.41) is 15.0. The van der Waals surface area contributed by atoms with Crippen LogP contribution in [0, 0.1) is 0 Å². The highest BCUT2D eigenvalue weighted by Gasteiger charge is 2.18. The summed E-state index contributed by atoms with van der Waals surface area (Å²) in [5.74, 6) is 0.134. The van der Waals surface area contributed by atoms with Crippen molar-refractivity contribution in [2.24, 2.45) is 5.73 Å². The second-order valence-electron chi connectivity index (χ2n) is 5.76. The minimum Gasteiger partial charge on any atom is -0.419 e. The monoisotopic (exact) mass is 405 g/mol. The zero-order valence-corrected chi connectivity index (χ0v) is 16.3. The van der Waals surface area contributed by atoms with Crippen molar-refractivity contribution in [1.29, 1.82) is 0 Å². The Kier molecular flexibility index (Phi) is 6.32. The van der Waals surface area contributed by atoms with E-state index in [0.29, 0.717) is 35.4 Å². The van der Waals surface area contributed by atoms with Crippen LogP contribution in [0.15, 0.2) is 33.4 Å². The number of thiophene rings is 2. The SMILES string of the molecule is CCCN(CC(=O)Nc1sccc1C(N)=O)Cc1nnc(-c2cccs2)o1. The Hall–Kier alpha value is -2.56. The molecule has 3 aromatic rings. The van der Waals surface area contributed by atoms with Crippen LogP contribution in [0.4, 0.5) is 5.00 Å². The van der Waals surface area contributed by atoms with Crippen molar-refractivity contribution in [2.75, 3.05) is 18.4 Å². The topological polar surface area (TPSA) is 114 Å². The molecule has 142 valence electrons. The third kappa shape index (κ3) is 5.00. The van der Waals surface area contributed by atoms with Gasteiger partial charge in [-0.3, -0.25) is 14.5 Å². The summed E-state index contributed by atoms with van der Waals surface area (Å²) in [6.45, 7) is 3.23. The van der Waals surface area contributed by atoms with E-state index in [9.17, 15) is 9.59 Å². The van der Waals surface area contributed by atoms with Gasteiger partial charge in [0.25, 0.3) is 11.8 Å². The maximum Gasteiger partial charge on any atom is 0.257 e. The molecule has 0 aliphatic heterocycles. The van der Waals surface area contributed by atoms with Crippen LogP contribution in [-0.4, -0.2) is 40.0 Å². The fraction of sp³-hybridized carbons (Fsp3) is 0.294. The van der Waals surface area contributed by atoms with Gasteiger partial charge in [-0.05, 0) is 35.9 Å². The molecule has 0 spiro atoms. The van der Waals surface area contributed by atoms with Crippen molar-refractivity contribution in [3.63, 3.8) is 0 Å². The van der Waals surface area contributed by atoms with Crippen LogP contribution in [0.3, 0.4) is 0 Å². The van der Waals surface area contributed by atoms with Crippen molar-refractivity contribution < 1.29 is 14.0 Å². The number of hydrogen-bond donors (Lipinski definition) is 2. The summed E-state index contributed by atoms with van der Waals surface area (Å²) in [5.41, 5.74) is 5.62. The number of rotatable bonds is 9. The normalized spacial score (nSPS) is 11.0. The molecule has 0 aliphatic rings. The van der Waals surface area contributed by atoms with Crippen LogP contribution in [0.2, 0.25) is 0 Å². The number of amides is 2. The molecule has 0 saturated carbocycles. The van der Waals surface area contributed by atoms with Crippen molar-refractivity contribution in [3.05, 3.63) is 40.4 Å². The first-order valence-electron chi connectivity index (χ1n) is 8.32. The number of carbonyl (C=O) groups excluding carboxylic acids is 2. The molecule has 0 bridgehead atoms. The number of primary amides is 1. The first kappa shape index (κ1) is 19.2. The fourth-order valence-electron chi connectivity index (χ4n) is 2.51. The molecule has 3 rings (SSSR count). The lowest BCUT2D eigenvalue weighted by Gasteiger charge is -2.19. The molecule has 2 amide bonds. The van der Waals surface area contributed by atoms with Gasteiger partial charge in [-0.15, -0.1) is 32.9 Å². The summed E-state index contributed by atoms with van der Waals surface area (Å²) < 4.78 is 5.70. The van der Waals surface area contributed by atoms with Gasteiger partial charge in [0.2, 0.25) is 11.8 Å². The maximum absolute atomic E-state index is 12.4. The van der Waals surface area contributed by atoms with E-state index in [4.69, 9.17) is 10.2 Å². The van der Waals surface area contributed by atoms with Gasteiger partial charge in [0.15, 0.2) is 0 Å². The zero-order valence-electron chi connectivity index (χ0n) is 14.7. The lowest BCUT2D eigenvalue weighted by atomic mass is 10.3. The van der Waals surface area contributed by atoms with Gasteiger partial charge in [0.1, 0.15) is 5.00 Å². The first-order chi connectivity index (χ1) is 13.1. The number of nitrogens with two attached hydrogens (primary N) is 1. The molecular formula is C17H19N5O3S2. The third-order valence-electron chi connectivity index (χ3n) is 3.65. The van der Waals surface area contributed by atoms with Crippen molar-refractivity contribution in [3.8, 4) is 10.8 Å². The molecule has 0 unspecified atom stereocenters. The number of aromatic nitrogens is 2. The summed E-state index contributed by atoms with van der Waals surface area (Å²) in [6, 6.07) is 5.43. The van der Waals surface area contributed by atoms with Crippen LogP contribution in [-0.2, 0) is 11.3 Å². The molecular weight excluding hydrogens is 386 g/mol. The molecule has 0 atom stereocenters. The van der Waals surface area contributed by atoms with E-state index in [1.807, 2.05) is 29.3 Å². The van der Waals surface area contributed by atoms with Gasteiger partial charge >= 0.3 is 0 Å². The molecule has 0 aliphatic carbocycles. The minimum absolute atomic E-state index is 0.140. The van der Waals surface area contributed by atoms with E-state index >= 15 is 0 Å². The number of nitrogens with zero attached hydrogens (tertiary/aromatic N) is 3. The van der Waals surface area contributed by atoms with E-state index < -0.39 is 5.91 Å². The highest BCUT2D eigenvalue weighted by atomic mass is 32.1. The lowest BCUT2D eigenvalue weighted by Crippen LogP contribution is -2.33. The smallest absolute Gasteiger partial charge is 0.257 e. The van der Waals surface area contributed by atoms with E-state index in [1.54, 1.807) is 11.4 Å². The maximum atomic E-state index is 12.4. The van der Waals surface area contributed by atoms with Gasteiger partial charge in [-0.2, -0.15) is 0 Å². The molecule has 0 radical (unpaired) electrons. The van der Waals surface area contributed by atoms with Gasteiger partial charge in [0.05, 0.1) is 23.5 Å². The Morgan fingerprint density at radius 1 is 1.26 bits per heavy atom. The molecule has 27 heavy (non-hydrogen) atoms. The molecule has 0 aromatic carbocycles. The largest absolute Gasteiger partial charge is 0.419 e. The molecule has 0 fully saturated rings. The van der Waals surface area contributed by atoms with Crippen LogP contribution < -0.4 is 11.1 Å². The predicted octanol–water partition coefficient (Wildman–Crippen LogP) is 2.81. The van der Waals surface area contributed by atoms with E-state index in [2.05, 4.69) is 15.5 Å². The van der Waals surface area contributed by atoms with E-state index in [0.717, 1.165) is 11.3 Å². The van der Waals surface area contributed by atoms with Crippen LogP contribution in [0.5, 0.6) is 0 Å². The van der Waals surface area contributed by atoms with Crippen molar-refractivity contribution >= 4 is 39.5 Å². The molecule has 0 saturated heterocycles. The first-order valence-corrected chi connectivity index (χ1v) is 10.1. The Labute approximate surface area is 164 Å². The molecule has 8 nitrogen and oxygen atoms in total. The molecule has 3 aromatic heterocycles. The lowest BCUT2D eigenvalue weighted by molar-refractivity contribution is -0.117. The minimum atomic E-state index is -0.566. The number of nitrogens with one attached hydrogen (secondary N) is 1. The van der Waals surface area contributed by atoms with Gasteiger partial charge in [-0.1, -0.05) is 13.0 Å². The standard InChI is InChI=1S/C17H19N5O3S2/c1-2-6-22(9-13(23)19-17-11(15(18)24)5-8-27-17)10-14-20-21-16(25-14)12-4-3-7-26-12/h3-5,7-8H,2,6,9-10H2,1H3,(H2,18,24)(H,19,23). The zero-order chi connectivity index (χ0) is 19.2. The fourth-order valence-corrected chi connectivity index (χ4v) is 3.96. The predicted molar refractivity (Wildman–Crippen MR) is 105 cm³/mol. The highest BCUT2D eigenvalue weighted by Crippen LogP contribution is 2.24. The summed E-state index contributed by atoms with van der Waals surface area (Å²) in [6.07, 6.45) is 0.866. The quantitative estimate of drug-likeness (QED) is 0.566. The van der Waals surface area contributed by atoms with Gasteiger partial charge in [-0.25, -0.2) is 0 Å². The number of hydrogen-bond acceptors (Lipinski definition) is 8. The Morgan fingerprint density at radius 3 is 2.81 bits per heavy atom. The van der Waals surface area contributed by atoms with E-state index in [1.165, 1.54) is 22.7 Å². The van der Waals surface area contributed by atoms with Crippen molar-refractivity contribution in [2.45, 2.75) is 19.9 Å². The molecule has 3 N–H and O–H groups in total. The third-order valence-corrected chi connectivity index (χ3v) is 5.34. The van der Waals surface area contributed by atoms with Gasteiger partial charge < -0.3 is 15.5 Å². The average Bonchev–Trinajstić information content (AvgIpc) is 3.36. The van der Waals surface area contributed by atoms with E-state index in [-0.39, 0.29) is 12.5 Å². The Balaban J connectivity index is 1.62. The van der Waals surface area contributed by atoms with Gasteiger partial charge in [0, 0.05) is 0 Å². The second kappa shape index (κ2) is 8.89. The average molecular weight is 406 g/mol. The van der Waals surface area contributed by atoms with Crippen LogP contribution in [0.25, 0.3) is 10.8 Å². The summed E-state index contributed by atoms with van der Waals surface area (Å²) >= 11 is 2.79. The summed E-state index contributed by atoms with van der Waals surface area (Å²) in [4.78, 5) is 26.6. The number of anilines is 1. The van der Waals surface area contributed by atoms with Crippen molar-refractivity contribution in [1.82, 2.24) is 15.1 Å². The second-order valence-corrected chi connectivity index (χ2v) is 7.63. The van der Waals surface area contributed by atoms with Crippen LogP contribution in [0.1, 0.15) is 29.6 Å². The Morgan fingerprint density at radius 2 is 2.11 bits per heavy atom. The molecule has 3 heterocycles. The number of carbonyl (C=O) groups is 2. The highest BCUT2D eigenvalue weighted by molar-refractivity contribution is 7.14. The Bertz CT molecular complexity index is 903. The van der Waals surface area contributed by atoms with Crippen LogP contribution >= 0.6 is 22.7 Å². The summed E-state index contributed by atoms with van der Waals surface area (Å²) in [7, 11) is 0.